The molecular weight excluding hydrogens is 433 g/mol. The number of hydrogen-bond donors (Lipinski definition) is 2. The molecule has 7 nitrogen and oxygen atoms in total. The number of rotatable bonds is 6. The molecule has 0 saturated heterocycles. The van der Waals surface area contributed by atoms with E-state index in [-0.39, 0.29) is 11.6 Å². The highest BCUT2D eigenvalue weighted by Crippen LogP contribution is 2.39. The van der Waals surface area contributed by atoms with E-state index in [4.69, 9.17) is 23.5 Å². The third kappa shape index (κ3) is 3.34. The van der Waals surface area contributed by atoms with Gasteiger partial charge < -0.3 is 14.0 Å². The van der Waals surface area contributed by atoms with Crippen molar-refractivity contribution < 1.29 is 13.1 Å². The quantitative estimate of drug-likeness (QED) is 0.382. The number of aromatic nitrogens is 5. The van der Waals surface area contributed by atoms with E-state index in [2.05, 4.69) is 29.1 Å². The van der Waals surface area contributed by atoms with Crippen molar-refractivity contribution in [3.63, 3.8) is 0 Å². The third-order valence-electron chi connectivity index (χ3n) is 3.87. The van der Waals surface area contributed by atoms with Gasteiger partial charge in [0.2, 0.25) is 0 Å². The van der Waals surface area contributed by atoms with E-state index in [9.17, 15) is 8.78 Å². The Labute approximate surface area is 171 Å². The SMILES string of the molecule is FC(F)n1ncc(NSc2c[nH]c3c(-c4cnccn4)c(Cl)ccc23)c1OCl. The molecule has 0 aliphatic carbocycles. The second-order valence-corrected chi connectivity index (χ2v) is 6.87. The summed E-state index contributed by atoms with van der Waals surface area (Å²) in [6.07, 6.45) is 7.74. The van der Waals surface area contributed by atoms with E-state index in [0.29, 0.717) is 15.4 Å². The third-order valence-corrected chi connectivity index (χ3v) is 5.21. The van der Waals surface area contributed by atoms with Gasteiger partial charge in [0.15, 0.2) is 0 Å². The lowest BCUT2D eigenvalue weighted by Gasteiger charge is -2.07. The number of H-pyrrole nitrogens is 1. The summed E-state index contributed by atoms with van der Waals surface area (Å²) in [6.45, 7) is -2.88. The van der Waals surface area contributed by atoms with Crippen molar-refractivity contribution in [2.75, 3.05) is 4.72 Å². The standard InChI is InChI=1S/C16H10Cl2F2N6OS/c17-9-2-1-8-12(7-23-14(8)13(9)10-5-21-3-4-22-10)28-25-11-6-24-26(16(19)20)15(11)27-18/h1-7,16,23,25H. The number of nitrogens with one attached hydrogen (secondary N) is 2. The molecule has 0 amide bonds. The lowest BCUT2D eigenvalue weighted by molar-refractivity contribution is 0.0515. The highest BCUT2D eigenvalue weighted by atomic mass is 35.5. The van der Waals surface area contributed by atoms with Gasteiger partial charge >= 0.3 is 6.55 Å². The molecule has 28 heavy (non-hydrogen) atoms. The van der Waals surface area contributed by atoms with Crippen LogP contribution in [0, 0.1) is 0 Å². The van der Waals surface area contributed by atoms with Crippen LogP contribution in [0.2, 0.25) is 5.02 Å². The molecular formula is C16H10Cl2F2N6OS. The lowest BCUT2D eigenvalue weighted by atomic mass is 10.1. The maximum Gasteiger partial charge on any atom is 0.336 e. The first-order chi connectivity index (χ1) is 13.6. The molecule has 0 unspecified atom stereocenters. The molecule has 0 bridgehead atoms. The predicted molar refractivity (Wildman–Crippen MR) is 104 cm³/mol. The van der Waals surface area contributed by atoms with Gasteiger partial charge in [-0.15, -0.1) is 0 Å². The Morgan fingerprint density at radius 1 is 1.25 bits per heavy atom. The van der Waals surface area contributed by atoms with Crippen LogP contribution in [0.4, 0.5) is 14.5 Å². The zero-order valence-corrected chi connectivity index (χ0v) is 16.1. The second kappa shape index (κ2) is 7.82. The van der Waals surface area contributed by atoms with E-state index in [1.165, 1.54) is 18.1 Å². The van der Waals surface area contributed by atoms with Crippen molar-refractivity contribution in [2.24, 2.45) is 0 Å². The minimum absolute atomic E-state index is 0.206. The number of fused-ring (bicyclic) bond motifs is 1. The zero-order chi connectivity index (χ0) is 19.7. The number of alkyl halides is 2. The molecule has 2 N–H and O–H groups in total. The van der Waals surface area contributed by atoms with Crippen molar-refractivity contribution >= 4 is 52.0 Å². The molecule has 3 heterocycles. The van der Waals surface area contributed by atoms with Crippen molar-refractivity contribution in [1.29, 1.82) is 0 Å². The van der Waals surface area contributed by atoms with Crippen molar-refractivity contribution in [2.45, 2.75) is 11.4 Å². The molecule has 0 spiro atoms. The highest BCUT2D eigenvalue weighted by molar-refractivity contribution is 8.00. The molecule has 0 radical (unpaired) electrons. The fourth-order valence-corrected chi connectivity index (χ4v) is 3.82. The van der Waals surface area contributed by atoms with Crippen molar-refractivity contribution in [1.82, 2.24) is 24.7 Å². The van der Waals surface area contributed by atoms with Gasteiger partial charge in [-0.25, -0.2) is 0 Å². The smallest absolute Gasteiger partial charge is 0.336 e. The first-order valence-electron chi connectivity index (χ1n) is 7.73. The number of hydrogen-bond acceptors (Lipinski definition) is 6. The summed E-state index contributed by atoms with van der Waals surface area (Å²) in [5, 5.41) is 4.94. The average Bonchev–Trinajstić information content (AvgIpc) is 3.30. The predicted octanol–water partition coefficient (Wildman–Crippen LogP) is 5.52. The maximum atomic E-state index is 12.9. The summed E-state index contributed by atoms with van der Waals surface area (Å²) in [6, 6.07) is 3.60. The van der Waals surface area contributed by atoms with Gasteiger partial charge in [-0.3, -0.25) is 9.97 Å². The molecule has 4 aromatic rings. The van der Waals surface area contributed by atoms with Crippen LogP contribution < -0.4 is 9.01 Å². The highest BCUT2D eigenvalue weighted by Gasteiger charge is 2.20. The van der Waals surface area contributed by atoms with Gasteiger partial charge in [0.25, 0.3) is 5.88 Å². The summed E-state index contributed by atoms with van der Waals surface area (Å²) in [5.41, 5.74) is 2.32. The first-order valence-corrected chi connectivity index (χ1v) is 9.23. The van der Waals surface area contributed by atoms with Crippen LogP contribution in [0.1, 0.15) is 6.55 Å². The van der Waals surface area contributed by atoms with Gasteiger partial charge in [0.05, 0.1) is 33.5 Å². The number of halogens is 4. The summed E-state index contributed by atoms with van der Waals surface area (Å²) >= 11 is 12.9. The Hall–Kier alpha value is -2.56. The molecule has 1 aromatic carbocycles. The molecule has 0 aliphatic rings. The Bertz CT molecular complexity index is 1120. The molecule has 0 saturated carbocycles. The minimum atomic E-state index is -2.88. The Morgan fingerprint density at radius 2 is 2.11 bits per heavy atom. The minimum Gasteiger partial charge on any atom is -0.363 e. The number of anilines is 1. The van der Waals surface area contributed by atoms with Gasteiger partial charge in [0.1, 0.15) is 17.6 Å². The van der Waals surface area contributed by atoms with Crippen LogP contribution in [0.15, 0.2) is 48.0 Å². The van der Waals surface area contributed by atoms with E-state index >= 15 is 0 Å². The Kier molecular flexibility index (Phi) is 5.25. The fraction of sp³-hybridized carbons (Fsp3) is 0.0625. The largest absolute Gasteiger partial charge is 0.363 e. The molecule has 0 atom stereocenters. The summed E-state index contributed by atoms with van der Waals surface area (Å²) in [5.74, 6) is -0.285. The molecule has 0 aliphatic heterocycles. The van der Waals surface area contributed by atoms with Crippen molar-refractivity contribution in [3.8, 4) is 17.1 Å². The van der Waals surface area contributed by atoms with E-state index in [0.717, 1.165) is 21.4 Å². The Morgan fingerprint density at radius 3 is 2.82 bits per heavy atom. The first kappa shape index (κ1) is 18.8. The van der Waals surface area contributed by atoms with Gasteiger partial charge in [-0.2, -0.15) is 18.6 Å². The van der Waals surface area contributed by atoms with Crippen LogP contribution >= 0.6 is 35.4 Å². The van der Waals surface area contributed by atoms with Crippen molar-refractivity contribution in [3.05, 3.63) is 48.1 Å². The maximum absolute atomic E-state index is 12.9. The van der Waals surface area contributed by atoms with Gasteiger partial charge in [-0.05, 0) is 18.0 Å². The summed E-state index contributed by atoms with van der Waals surface area (Å²) in [4.78, 5) is 12.3. The van der Waals surface area contributed by atoms with Crippen LogP contribution in [0.25, 0.3) is 22.2 Å². The van der Waals surface area contributed by atoms with Gasteiger partial charge in [-0.1, -0.05) is 17.7 Å². The molecule has 3 aromatic heterocycles. The summed E-state index contributed by atoms with van der Waals surface area (Å²) in [7, 11) is 0. The number of nitrogens with zero attached hydrogens (tertiary/aromatic N) is 4. The van der Waals surface area contributed by atoms with Crippen LogP contribution in [0.5, 0.6) is 5.88 Å². The molecule has 0 fully saturated rings. The van der Waals surface area contributed by atoms with E-state index in [1.54, 1.807) is 30.9 Å². The number of benzene rings is 1. The topological polar surface area (TPSA) is 80.7 Å². The molecule has 4 rings (SSSR count). The Balaban J connectivity index is 1.67. The lowest BCUT2D eigenvalue weighted by Crippen LogP contribution is -2.01. The second-order valence-electron chi connectivity index (χ2n) is 5.46. The fourth-order valence-electron chi connectivity index (χ4n) is 2.66. The van der Waals surface area contributed by atoms with E-state index < -0.39 is 6.55 Å². The number of aromatic amines is 1. The van der Waals surface area contributed by atoms with Crippen LogP contribution in [-0.2, 0) is 0 Å². The average molecular weight is 443 g/mol. The molecule has 144 valence electrons. The van der Waals surface area contributed by atoms with Crippen LogP contribution in [-0.4, -0.2) is 24.7 Å². The van der Waals surface area contributed by atoms with Crippen LogP contribution in [0.3, 0.4) is 0 Å². The van der Waals surface area contributed by atoms with E-state index in [1.807, 2.05) is 6.07 Å². The zero-order valence-electron chi connectivity index (χ0n) is 13.7. The monoisotopic (exact) mass is 442 g/mol. The summed E-state index contributed by atoms with van der Waals surface area (Å²) < 4.78 is 33.6. The normalized spacial score (nSPS) is 11.3. The van der Waals surface area contributed by atoms with Gasteiger partial charge in [0, 0.05) is 29.5 Å². The molecule has 12 heteroatoms.